The lowest BCUT2D eigenvalue weighted by Crippen LogP contribution is -2.16. The average Bonchev–Trinajstić information content (AvgIpc) is 3.39. The van der Waals surface area contributed by atoms with Crippen molar-refractivity contribution in [3.63, 3.8) is 0 Å². The predicted octanol–water partition coefficient (Wildman–Crippen LogP) is 18.5. The second-order valence-corrected chi connectivity index (χ2v) is 17.1. The van der Waals surface area contributed by atoms with Gasteiger partial charge in [-0.2, -0.15) is 0 Å². The van der Waals surface area contributed by atoms with Gasteiger partial charge in [-0.15, -0.1) is 0 Å². The van der Waals surface area contributed by atoms with Crippen LogP contribution in [0.3, 0.4) is 0 Å². The number of hydrogen-bond acceptors (Lipinski definition) is 2. The molecule has 0 N–H and O–H groups in total. The molecule has 0 radical (unpaired) electrons. The lowest BCUT2D eigenvalue weighted by Gasteiger charge is -2.34. The minimum absolute atomic E-state index is 0.0896. The molecule has 0 aliphatic heterocycles. The van der Waals surface area contributed by atoms with Crippen LogP contribution in [-0.4, -0.2) is 0 Å². The number of benzene rings is 10. The summed E-state index contributed by atoms with van der Waals surface area (Å²) in [5.41, 5.74) is 13.2. The molecule has 0 bridgehead atoms. The number of halogens is 2. The number of hydrogen-bond donors (Lipinski definition) is 0. The van der Waals surface area contributed by atoms with Gasteiger partial charge in [0.15, 0.2) is 0 Å². The first-order valence-electron chi connectivity index (χ1n) is 23.5. The Balaban J connectivity index is 1.38. The molecule has 10 aromatic rings. The van der Waals surface area contributed by atoms with Gasteiger partial charge in [0.05, 0.1) is 18.2 Å². The van der Waals surface area contributed by atoms with Crippen molar-refractivity contribution in [1.82, 2.24) is 0 Å². The fraction of sp³-hybridized carbons (Fsp3) is 0. The standard InChI is InChI=1S/C60H42Br2N2/c61-49-30-16-32-51(40-49)63(59-55(44-22-8-2-9-23-44)34-18-35-56(59)45-24-10-3-11-25-45)53-38-48(43-20-6-1-7-21-43)39-54(42-53)64(52-33-17-31-50(62)41-52)60-57(46-26-12-4-13-27-46)36-19-37-58(60)47-28-14-5-15-29-47/h1-42H/i1D,6D,7D,20D,21D. The van der Waals surface area contributed by atoms with Gasteiger partial charge in [-0.3, -0.25) is 0 Å². The van der Waals surface area contributed by atoms with E-state index >= 15 is 0 Å². The zero-order valence-corrected chi connectivity index (χ0v) is 37.7. The monoisotopic (exact) mass is 953 g/mol. The quantitative estimate of drug-likeness (QED) is 0.127. The average molecular weight is 956 g/mol. The number of nitrogens with zero attached hydrogens (tertiary/aromatic N) is 2. The van der Waals surface area contributed by atoms with Gasteiger partial charge < -0.3 is 9.80 Å². The summed E-state index contributed by atoms with van der Waals surface area (Å²) < 4.78 is 47.0. The van der Waals surface area contributed by atoms with Gasteiger partial charge in [0, 0.05) is 53.9 Å². The van der Waals surface area contributed by atoms with Crippen LogP contribution in [0.2, 0.25) is 0 Å². The molecule has 0 heterocycles. The van der Waals surface area contributed by atoms with E-state index in [1.807, 2.05) is 109 Å². The van der Waals surface area contributed by atoms with Crippen LogP contribution in [0.4, 0.5) is 34.1 Å². The molecule has 0 amide bonds. The largest absolute Gasteiger partial charge is 0.309 e. The summed E-state index contributed by atoms with van der Waals surface area (Å²) in [6.45, 7) is 0. The first-order chi connectivity index (χ1) is 33.7. The molecule has 0 aliphatic carbocycles. The van der Waals surface area contributed by atoms with Crippen molar-refractivity contribution in [3.05, 3.63) is 264 Å². The third-order valence-electron chi connectivity index (χ3n) is 11.2. The van der Waals surface area contributed by atoms with Gasteiger partial charge >= 0.3 is 0 Å². The topological polar surface area (TPSA) is 6.48 Å². The van der Waals surface area contributed by atoms with Gasteiger partial charge in [0.1, 0.15) is 0 Å². The van der Waals surface area contributed by atoms with Crippen LogP contribution in [0.1, 0.15) is 6.85 Å². The predicted molar refractivity (Wildman–Crippen MR) is 278 cm³/mol. The Kier molecular flexibility index (Phi) is 10.3. The van der Waals surface area contributed by atoms with Crippen LogP contribution in [0, 0.1) is 0 Å². The highest BCUT2D eigenvalue weighted by Crippen LogP contribution is 2.52. The molecule has 10 aromatic carbocycles. The lowest BCUT2D eigenvalue weighted by molar-refractivity contribution is 1.25. The van der Waals surface area contributed by atoms with E-state index in [4.69, 9.17) is 4.11 Å². The molecule has 0 aromatic heterocycles. The highest BCUT2D eigenvalue weighted by atomic mass is 79.9. The van der Waals surface area contributed by atoms with E-state index < -0.39 is 18.1 Å². The van der Waals surface area contributed by atoms with Gasteiger partial charge in [-0.05, 0) is 88.0 Å². The van der Waals surface area contributed by atoms with Gasteiger partial charge in [-0.25, -0.2) is 0 Å². The molecule has 0 unspecified atom stereocenters. The molecule has 10 rings (SSSR count). The summed E-state index contributed by atoms with van der Waals surface area (Å²) in [6.07, 6.45) is 0. The highest BCUT2D eigenvalue weighted by molar-refractivity contribution is 9.10. The van der Waals surface area contributed by atoms with E-state index in [9.17, 15) is 2.74 Å². The van der Waals surface area contributed by atoms with Gasteiger partial charge in [0.25, 0.3) is 0 Å². The number of para-hydroxylation sites is 2. The second kappa shape index (κ2) is 18.6. The third-order valence-corrected chi connectivity index (χ3v) is 12.2. The fourth-order valence-corrected chi connectivity index (χ4v) is 9.18. The summed E-state index contributed by atoms with van der Waals surface area (Å²) in [7, 11) is 0. The van der Waals surface area contributed by atoms with Crippen LogP contribution >= 0.6 is 31.9 Å². The Morgan fingerprint density at radius 2 is 0.625 bits per heavy atom. The van der Waals surface area contributed by atoms with E-state index in [1.165, 1.54) is 0 Å². The first kappa shape index (κ1) is 35.2. The van der Waals surface area contributed by atoms with Crippen LogP contribution in [-0.2, 0) is 0 Å². The highest BCUT2D eigenvalue weighted by Gasteiger charge is 2.27. The Labute approximate surface area is 399 Å². The van der Waals surface area contributed by atoms with Crippen molar-refractivity contribution in [2.45, 2.75) is 0 Å². The summed E-state index contributed by atoms with van der Waals surface area (Å²) >= 11 is 7.63. The van der Waals surface area contributed by atoms with Crippen molar-refractivity contribution in [2.24, 2.45) is 0 Å². The van der Waals surface area contributed by atoms with Crippen LogP contribution < -0.4 is 9.80 Å². The van der Waals surface area contributed by atoms with E-state index in [0.717, 1.165) is 76.2 Å². The molecular formula is C60H42Br2N2. The van der Waals surface area contributed by atoms with E-state index in [-0.39, 0.29) is 17.6 Å². The maximum absolute atomic E-state index is 9.41. The maximum atomic E-state index is 9.41. The number of rotatable bonds is 11. The summed E-state index contributed by atoms with van der Waals surface area (Å²) in [5.74, 6) is 0. The summed E-state index contributed by atoms with van der Waals surface area (Å²) in [4.78, 5) is 4.47. The molecule has 0 fully saturated rings. The van der Waals surface area contributed by atoms with Crippen LogP contribution in [0.5, 0.6) is 0 Å². The Bertz CT molecular complexity index is 3140. The normalized spacial score (nSPS) is 12.1. The zero-order valence-electron chi connectivity index (χ0n) is 39.5. The van der Waals surface area contributed by atoms with E-state index in [1.54, 1.807) is 0 Å². The van der Waals surface area contributed by atoms with Crippen molar-refractivity contribution >= 4 is 66.0 Å². The maximum Gasteiger partial charge on any atom is 0.0629 e. The molecule has 64 heavy (non-hydrogen) atoms. The lowest BCUT2D eigenvalue weighted by atomic mass is 9.93. The molecule has 306 valence electrons. The minimum Gasteiger partial charge on any atom is -0.309 e. The van der Waals surface area contributed by atoms with Crippen LogP contribution in [0.15, 0.2) is 264 Å². The summed E-state index contributed by atoms with van der Waals surface area (Å²) in [5, 5.41) is 0. The minimum atomic E-state index is -0.453. The van der Waals surface area contributed by atoms with Crippen molar-refractivity contribution in [1.29, 1.82) is 0 Å². The van der Waals surface area contributed by atoms with Crippen LogP contribution in [0.25, 0.3) is 55.6 Å². The third kappa shape index (κ3) is 8.46. The smallest absolute Gasteiger partial charge is 0.0629 e. The van der Waals surface area contributed by atoms with Crippen molar-refractivity contribution < 1.29 is 6.85 Å². The molecule has 0 saturated carbocycles. The molecule has 0 atom stereocenters. The molecule has 0 aliphatic rings. The summed E-state index contributed by atoms with van der Waals surface area (Å²) in [6, 6.07) is 74.5. The van der Waals surface area contributed by atoms with Crippen molar-refractivity contribution in [3.8, 4) is 55.6 Å². The second-order valence-electron chi connectivity index (χ2n) is 15.2. The molecule has 4 heteroatoms. The Hall–Kier alpha value is -7.24. The SMILES string of the molecule is [2H]c1c([2H])c([2H])c(-c2cc(N(c3cccc(Br)c3)c3c(-c4ccccc4)cccc3-c3ccccc3)cc(N(c3cccc(Br)c3)c3c(-c4ccccc4)cccc3-c3ccccc3)c2)c([2H])c1[2H]. The molecule has 0 spiro atoms. The first-order valence-corrected chi connectivity index (χ1v) is 22.6. The molecule has 2 nitrogen and oxygen atoms in total. The number of anilines is 6. The van der Waals surface area contributed by atoms with Gasteiger partial charge in [-0.1, -0.05) is 232 Å². The Morgan fingerprint density at radius 3 is 0.969 bits per heavy atom. The van der Waals surface area contributed by atoms with Crippen molar-refractivity contribution in [2.75, 3.05) is 9.80 Å². The zero-order chi connectivity index (χ0) is 47.6. The van der Waals surface area contributed by atoms with E-state index in [0.29, 0.717) is 16.9 Å². The van der Waals surface area contributed by atoms with Gasteiger partial charge in [0.2, 0.25) is 0 Å². The van der Waals surface area contributed by atoms with E-state index in [2.05, 4.69) is 157 Å². The molecular weight excluding hydrogens is 908 g/mol. The fourth-order valence-electron chi connectivity index (χ4n) is 8.41. The molecule has 0 saturated heterocycles. The Morgan fingerprint density at radius 1 is 0.281 bits per heavy atom.